The van der Waals surface area contributed by atoms with Crippen LogP contribution in [-0.2, 0) is 13.1 Å². The van der Waals surface area contributed by atoms with E-state index in [1.54, 1.807) is 0 Å². The maximum Gasteiger partial charge on any atom is 0.231 e. The van der Waals surface area contributed by atoms with Gasteiger partial charge in [0.25, 0.3) is 0 Å². The number of piperazine rings is 1. The smallest absolute Gasteiger partial charge is 0.231 e. The number of nitrogens with one attached hydrogen (secondary N) is 1. The molecule has 32 heavy (non-hydrogen) atoms. The number of rotatable bonds is 7. The number of aryl methyl sites for hydroxylation is 3. The number of hydrogen-bond donors (Lipinski definition) is 1. The molecule has 8 nitrogen and oxygen atoms in total. The zero-order valence-electron chi connectivity index (χ0n) is 19.3. The highest BCUT2D eigenvalue weighted by molar-refractivity contribution is 14.0. The zero-order chi connectivity index (χ0) is 21.6. The number of aromatic nitrogens is 2. The van der Waals surface area contributed by atoms with E-state index in [4.69, 9.17) is 14.5 Å². The molecular formula is C23H35IN6O2. The van der Waals surface area contributed by atoms with Gasteiger partial charge in [-0.25, -0.2) is 0 Å². The van der Waals surface area contributed by atoms with Gasteiger partial charge in [0, 0.05) is 58.1 Å². The van der Waals surface area contributed by atoms with Gasteiger partial charge in [0.1, 0.15) is 0 Å². The van der Waals surface area contributed by atoms with E-state index >= 15 is 0 Å². The van der Waals surface area contributed by atoms with Crippen LogP contribution < -0.4 is 14.8 Å². The lowest BCUT2D eigenvalue weighted by atomic mass is 10.1. The van der Waals surface area contributed by atoms with E-state index in [9.17, 15) is 0 Å². The fourth-order valence-electron chi connectivity index (χ4n) is 4.15. The third-order valence-corrected chi connectivity index (χ3v) is 5.74. The molecule has 0 bridgehead atoms. The number of nitrogens with zero attached hydrogens (tertiary/aromatic N) is 5. The second kappa shape index (κ2) is 11.7. The predicted molar refractivity (Wildman–Crippen MR) is 137 cm³/mol. The molecule has 1 aromatic heterocycles. The lowest BCUT2D eigenvalue weighted by molar-refractivity contribution is 0.171. The van der Waals surface area contributed by atoms with Crippen LogP contribution in [0.3, 0.4) is 0 Å². The highest BCUT2D eigenvalue weighted by Crippen LogP contribution is 2.32. The van der Waals surface area contributed by atoms with Gasteiger partial charge in [-0.15, -0.1) is 24.0 Å². The minimum absolute atomic E-state index is 0. The van der Waals surface area contributed by atoms with Crippen molar-refractivity contribution < 1.29 is 9.47 Å². The Hall–Kier alpha value is -2.01. The number of fused-ring (bicyclic) bond motifs is 1. The zero-order valence-corrected chi connectivity index (χ0v) is 21.7. The number of ether oxygens (including phenoxy) is 2. The Balaban J connectivity index is 0.00000289. The molecule has 2 aliphatic rings. The summed E-state index contributed by atoms with van der Waals surface area (Å²) in [5.41, 5.74) is 3.56. The van der Waals surface area contributed by atoms with Crippen molar-refractivity contribution in [2.75, 3.05) is 46.1 Å². The summed E-state index contributed by atoms with van der Waals surface area (Å²) >= 11 is 0. The molecule has 1 fully saturated rings. The van der Waals surface area contributed by atoms with Crippen molar-refractivity contribution >= 4 is 29.9 Å². The van der Waals surface area contributed by atoms with Gasteiger partial charge in [0.2, 0.25) is 6.79 Å². The number of hydrogen-bond acceptors (Lipinski definition) is 5. The molecule has 2 aliphatic heterocycles. The van der Waals surface area contributed by atoms with Gasteiger partial charge in [-0.1, -0.05) is 6.07 Å². The normalized spacial score (nSPS) is 16.2. The topological polar surface area (TPSA) is 67.2 Å². The molecule has 0 radical (unpaired) electrons. The summed E-state index contributed by atoms with van der Waals surface area (Å²) in [5, 5.41) is 8.00. The first-order valence-corrected chi connectivity index (χ1v) is 11.3. The number of halogens is 1. The molecule has 4 rings (SSSR count). The SMILES string of the molecule is CCNC(=NCCCn1nc(C)cc1C)N1CCN(Cc2ccc3c(c2)OCO3)CC1.I. The van der Waals surface area contributed by atoms with Crippen LogP contribution in [0, 0.1) is 13.8 Å². The fourth-order valence-corrected chi connectivity index (χ4v) is 4.15. The minimum Gasteiger partial charge on any atom is -0.454 e. The van der Waals surface area contributed by atoms with E-state index in [1.165, 1.54) is 11.3 Å². The Labute approximate surface area is 208 Å². The Kier molecular flexibility index (Phi) is 9.03. The van der Waals surface area contributed by atoms with E-state index in [2.05, 4.69) is 56.9 Å². The molecule has 0 saturated carbocycles. The highest BCUT2D eigenvalue weighted by Gasteiger charge is 2.21. The number of aliphatic imine (C=N–C) groups is 1. The van der Waals surface area contributed by atoms with Crippen LogP contribution in [0.15, 0.2) is 29.3 Å². The molecule has 0 amide bonds. The molecule has 0 unspecified atom stereocenters. The van der Waals surface area contributed by atoms with Gasteiger partial charge in [-0.05, 0) is 51.0 Å². The monoisotopic (exact) mass is 554 g/mol. The molecule has 176 valence electrons. The number of guanidine groups is 1. The lowest BCUT2D eigenvalue weighted by Gasteiger charge is -2.36. The van der Waals surface area contributed by atoms with Crippen molar-refractivity contribution in [3.63, 3.8) is 0 Å². The highest BCUT2D eigenvalue weighted by atomic mass is 127. The fraction of sp³-hybridized carbons (Fsp3) is 0.565. The largest absolute Gasteiger partial charge is 0.454 e. The summed E-state index contributed by atoms with van der Waals surface area (Å²) in [6.45, 7) is 14.1. The molecule has 1 N–H and O–H groups in total. The molecular weight excluding hydrogens is 519 g/mol. The summed E-state index contributed by atoms with van der Waals surface area (Å²) in [5.74, 6) is 2.73. The van der Waals surface area contributed by atoms with Crippen LogP contribution in [0.1, 0.15) is 30.3 Å². The quantitative estimate of drug-likeness (QED) is 0.246. The molecule has 0 spiro atoms. The van der Waals surface area contributed by atoms with Crippen LogP contribution in [0.5, 0.6) is 11.5 Å². The Morgan fingerprint density at radius 3 is 2.59 bits per heavy atom. The van der Waals surface area contributed by atoms with Crippen LogP contribution in [-0.4, -0.2) is 71.6 Å². The second-order valence-electron chi connectivity index (χ2n) is 8.19. The van der Waals surface area contributed by atoms with Crippen LogP contribution in [0.4, 0.5) is 0 Å². The molecule has 1 aromatic carbocycles. The first-order valence-electron chi connectivity index (χ1n) is 11.3. The molecule has 2 aromatic rings. The third kappa shape index (κ3) is 6.28. The van der Waals surface area contributed by atoms with E-state index in [1.807, 2.05) is 13.0 Å². The van der Waals surface area contributed by atoms with Crippen molar-refractivity contribution in [2.45, 2.75) is 40.3 Å². The van der Waals surface area contributed by atoms with Crippen molar-refractivity contribution in [3.05, 3.63) is 41.2 Å². The molecule has 9 heteroatoms. The third-order valence-electron chi connectivity index (χ3n) is 5.74. The van der Waals surface area contributed by atoms with Crippen molar-refractivity contribution in [1.82, 2.24) is 24.9 Å². The standard InChI is InChI=1S/C23H34N6O2.HI/c1-4-24-23(25-8-5-9-29-19(3)14-18(2)26-29)28-12-10-27(11-13-28)16-20-6-7-21-22(15-20)31-17-30-21;/h6-7,14-15H,4-5,8-13,16-17H2,1-3H3,(H,24,25);1H. The Bertz CT molecular complexity index is 908. The summed E-state index contributed by atoms with van der Waals surface area (Å²) in [7, 11) is 0. The first-order chi connectivity index (χ1) is 15.1. The molecule has 0 atom stereocenters. The first kappa shape index (κ1) is 24.6. The Morgan fingerprint density at radius 1 is 1.09 bits per heavy atom. The van der Waals surface area contributed by atoms with Gasteiger partial charge in [-0.2, -0.15) is 5.10 Å². The van der Waals surface area contributed by atoms with Gasteiger partial charge in [-0.3, -0.25) is 14.6 Å². The maximum absolute atomic E-state index is 5.51. The van der Waals surface area contributed by atoms with E-state index in [0.29, 0.717) is 6.79 Å². The summed E-state index contributed by atoms with van der Waals surface area (Å²) in [4.78, 5) is 9.74. The predicted octanol–water partition coefficient (Wildman–Crippen LogP) is 3.02. The van der Waals surface area contributed by atoms with Crippen LogP contribution in [0.2, 0.25) is 0 Å². The van der Waals surface area contributed by atoms with Crippen molar-refractivity contribution in [3.8, 4) is 11.5 Å². The van der Waals surface area contributed by atoms with Gasteiger partial charge >= 0.3 is 0 Å². The maximum atomic E-state index is 5.51. The summed E-state index contributed by atoms with van der Waals surface area (Å²) in [6, 6.07) is 8.36. The molecule has 0 aliphatic carbocycles. The van der Waals surface area contributed by atoms with Crippen LogP contribution in [0.25, 0.3) is 0 Å². The van der Waals surface area contributed by atoms with E-state index in [0.717, 1.165) is 81.9 Å². The average molecular weight is 554 g/mol. The van der Waals surface area contributed by atoms with E-state index in [-0.39, 0.29) is 24.0 Å². The van der Waals surface area contributed by atoms with Crippen LogP contribution >= 0.6 is 24.0 Å². The lowest BCUT2D eigenvalue weighted by Crippen LogP contribution is -2.52. The van der Waals surface area contributed by atoms with Gasteiger partial charge in [0.15, 0.2) is 17.5 Å². The van der Waals surface area contributed by atoms with E-state index < -0.39 is 0 Å². The molecule has 3 heterocycles. The number of benzene rings is 1. The molecule has 1 saturated heterocycles. The van der Waals surface area contributed by atoms with Crippen molar-refractivity contribution in [2.24, 2.45) is 4.99 Å². The summed E-state index contributed by atoms with van der Waals surface area (Å²) in [6.07, 6.45) is 0.987. The second-order valence-corrected chi connectivity index (χ2v) is 8.19. The Morgan fingerprint density at radius 2 is 1.88 bits per heavy atom. The minimum atomic E-state index is 0. The summed E-state index contributed by atoms with van der Waals surface area (Å²) < 4.78 is 13.0. The van der Waals surface area contributed by atoms with Gasteiger partial charge < -0.3 is 19.7 Å². The van der Waals surface area contributed by atoms with Gasteiger partial charge in [0.05, 0.1) is 5.69 Å². The van der Waals surface area contributed by atoms with Crippen molar-refractivity contribution in [1.29, 1.82) is 0 Å². The average Bonchev–Trinajstić information content (AvgIpc) is 3.36.